The number of benzene rings is 3. The van der Waals surface area contributed by atoms with Gasteiger partial charge in [-0.3, -0.25) is 4.90 Å². The maximum absolute atomic E-state index is 16.7. The van der Waals surface area contributed by atoms with Crippen LogP contribution in [0.2, 0.25) is 0 Å². The molecular weight excluding hydrogens is 529 g/mol. The van der Waals surface area contributed by atoms with Crippen molar-refractivity contribution in [1.82, 2.24) is 20.2 Å². The molecule has 4 aromatic rings. The second-order valence-electron chi connectivity index (χ2n) is 13.1. The summed E-state index contributed by atoms with van der Waals surface area (Å²) in [5.41, 5.74) is 1.34. The number of hydrogen-bond donors (Lipinski definition) is 2. The van der Waals surface area contributed by atoms with Crippen molar-refractivity contribution in [2.24, 2.45) is 5.92 Å². The number of hydrogen-bond acceptors (Lipinski definition) is 7. The van der Waals surface area contributed by atoms with Crippen molar-refractivity contribution in [2.45, 2.75) is 63.1 Å². The predicted molar refractivity (Wildman–Crippen MR) is 164 cm³/mol. The fraction of sp³-hybridized carbons (Fsp3) is 0.471. The molecule has 0 amide bonds. The van der Waals surface area contributed by atoms with E-state index in [0.29, 0.717) is 41.1 Å². The first kappa shape index (κ1) is 26.2. The van der Waals surface area contributed by atoms with E-state index in [0.717, 1.165) is 68.5 Å². The number of nitrogens with one attached hydrogen (secondary N) is 1. The molecule has 4 aliphatic rings. The maximum atomic E-state index is 16.7. The summed E-state index contributed by atoms with van der Waals surface area (Å²) in [6.07, 6.45) is 6.79. The van der Waals surface area contributed by atoms with E-state index in [1.54, 1.807) is 12.1 Å². The Morgan fingerprint density at radius 3 is 2.81 bits per heavy atom. The minimum Gasteiger partial charge on any atom is -0.508 e. The van der Waals surface area contributed by atoms with Gasteiger partial charge in [-0.2, -0.15) is 9.97 Å². The number of ether oxygens (including phenoxy) is 1. The van der Waals surface area contributed by atoms with Gasteiger partial charge in [0, 0.05) is 42.7 Å². The van der Waals surface area contributed by atoms with Crippen molar-refractivity contribution in [3.05, 3.63) is 54.3 Å². The summed E-state index contributed by atoms with van der Waals surface area (Å²) in [7, 11) is 0. The van der Waals surface area contributed by atoms with E-state index in [9.17, 15) is 5.11 Å². The lowest BCUT2D eigenvalue weighted by Crippen LogP contribution is -2.43. The van der Waals surface area contributed by atoms with Gasteiger partial charge >= 0.3 is 6.01 Å². The molecule has 4 atom stereocenters. The predicted octanol–water partition coefficient (Wildman–Crippen LogP) is 5.88. The molecule has 4 aliphatic heterocycles. The number of fused-ring (bicyclic) bond motifs is 5. The Balaban J connectivity index is 1.24. The fourth-order valence-corrected chi connectivity index (χ4v) is 8.31. The van der Waals surface area contributed by atoms with Crippen LogP contribution in [0.4, 0.5) is 10.2 Å². The maximum Gasteiger partial charge on any atom is 0.319 e. The van der Waals surface area contributed by atoms with E-state index in [2.05, 4.69) is 22.0 Å². The highest BCUT2D eigenvalue weighted by molar-refractivity contribution is 6.01. The van der Waals surface area contributed by atoms with Gasteiger partial charge in [0.25, 0.3) is 0 Å². The number of phenols is 1. The lowest BCUT2D eigenvalue weighted by atomic mass is 9.92. The minimum atomic E-state index is -0.415. The first-order valence-electron chi connectivity index (χ1n) is 15.6. The van der Waals surface area contributed by atoms with Crippen LogP contribution in [-0.4, -0.2) is 70.4 Å². The van der Waals surface area contributed by atoms with E-state index in [1.165, 1.54) is 12.8 Å². The monoisotopic (exact) mass is 567 g/mol. The smallest absolute Gasteiger partial charge is 0.319 e. The van der Waals surface area contributed by atoms with Gasteiger partial charge in [-0.05, 0) is 85.5 Å². The van der Waals surface area contributed by atoms with E-state index >= 15 is 4.39 Å². The highest BCUT2D eigenvalue weighted by Crippen LogP contribution is 2.42. The summed E-state index contributed by atoms with van der Waals surface area (Å²) < 4.78 is 23.2. The number of rotatable bonds is 5. The van der Waals surface area contributed by atoms with E-state index in [1.807, 2.05) is 36.4 Å². The quantitative estimate of drug-likeness (QED) is 0.312. The van der Waals surface area contributed by atoms with Gasteiger partial charge < -0.3 is 20.1 Å². The molecule has 3 aromatic carbocycles. The molecule has 0 spiro atoms. The van der Waals surface area contributed by atoms with Crippen LogP contribution in [0.25, 0.3) is 32.8 Å². The summed E-state index contributed by atoms with van der Waals surface area (Å²) in [6.45, 7) is 6.73. The Bertz CT molecular complexity index is 1680. The Kier molecular flexibility index (Phi) is 6.26. The summed E-state index contributed by atoms with van der Waals surface area (Å²) in [4.78, 5) is 14.6. The van der Waals surface area contributed by atoms with Crippen LogP contribution >= 0.6 is 0 Å². The molecule has 0 aliphatic carbocycles. The fourth-order valence-electron chi connectivity index (χ4n) is 8.31. The highest BCUT2D eigenvalue weighted by Gasteiger charge is 2.47. The van der Waals surface area contributed by atoms with Crippen LogP contribution in [0.15, 0.2) is 48.5 Å². The average Bonchev–Trinajstić information content (AvgIpc) is 3.62. The van der Waals surface area contributed by atoms with E-state index in [4.69, 9.17) is 14.7 Å². The van der Waals surface area contributed by atoms with Crippen molar-refractivity contribution >= 4 is 27.5 Å². The molecule has 7 nitrogen and oxygen atoms in total. The third-order valence-electron chi connectivity index (χ3n) is 10.2. The summed E-state index contributed by atoms with van der Waals surface area (Å²) in [6, 6.07) is 16.0. The zero-order chi connectivity index (χ0) is 28.4. The lowest BCUT2D eigenvalue weighted by Gasteiger charge is -2.31. The lowest BCUT2D eigenvalue weighted by molar-refractivity contribution is 0.107. The van der Waals surface area contributed by atoms with Crippen molar-refractivity contribution in [1.29, 1.82) is 0 Å². The van der Waals surface area contributed by atoms with Gasteiger partial charge in [-0.15, -0.1) is 0 Å². The molecule has 218 valence electrons. The number of phenolic OH excluding ortho intramolecular Hbond substituents is 1. The first-order chi connectivity index (χ1) is 20.5. The van der Waals surface area contributed by atoms with E-state index < -0.39 is 5.82 Å². The van der Waals surface area contributed by atoms with Crippen LogP contribution in [0.3, 0.4) is 0 Å². The molecule has 8 heteroatoms. The Morgan fingerprint density at radius 1 is 1.00 bits per heavy atom. The van der Waals surface area contributed by atoms with Crippen LogP contribution in [0, 0.1) is 11.7 Å². The zero-order valence-electron chi connectivity index (χ0n) is 24.2. The Labute approximate surface area is 245 Å². The molecule has 0 radical (unpaired) electrons. The molecule has 0 saturated carbocycles. The van der Waals surface area contributed by atoms with Gasteiger partial charge in [0.15, 0.2) is 5.82 Å². The third kappa shape index (κ3) is 4.38. The highest BCUT2D eigenvalue weighted by atomic mass is 19.1. The second kappa shape index (κ2) is 10.1. The third-order valence-corrected chi connectivity index (χ3v) is 10.2. The molecule has 5 heterocycles. The molecule has 4 fully saturated rings. The van der Waals surface area contributed by atoms with Gasteiger partial charge in [0.2, 0.25) is 0 Å². The van der Waals surface area contributed by atoms with Gasteiger partial charge in [0.1, 0.15) is 23.7 Å². The van der Waals surface area contributed by atoms with Crippen LogP contribution < -0.4 is 15.0 Å². The topological polar surface area (TPSA) is 73.8 Å². The van der Waals surface area contributed by atoms with Crippen molar-refractivity contribution in [3.63, 3.8) is 0 Å². The van der Waals surface area contributed by atoms with Gasteiger partial charge in [-0.25, -0.2) is 4.39 Å². The molecule has 4 saturated heterocycles. The standard InChI is InChI=1S/C34H38FN5O2/c1-21-17-34(12-4-13-40(34)18-21)20-42-33-37-31-28(32(38-33)39-14-11-23-7-8-24(19-39)36-23)10-9-27(30(31)35)29-16-25(41)15-22-5-2-3-6-26(22)29/h2-3,5-6,9-10,15-16,21,23-24,36,41H,4,7-8,11-14,17-20H2,1H3/t21-,23-,24+,34+/m1/s1. The second-order valence-corrected chi connectivity index (χ2v) is 13.1. The molecule has 8 rings (SSSR count). The van der Waals surface area contributed by atoms with E-state index in [-0.39, 0.29) is 22.8 Å². The van der Waals surface area contributed by atoms with Crippen LogP contribution in [0.5, 0.6) is 11.8 Å². The Hall–Kier alpha value is -3.49. The molecular formula is C34H38FN5O2. The molecule has 0 unspecified atom stereocenters. The van der Waals surface area contributed by atoms with Crippen LogP contribution in [-0.2, 0) is 0 Å². The number of halogens is 1. The number of nitrogens with zero attached hydrogens (tertiary/aromatic N) is 4. The van der Waals surface area contributed by atoms with Crippen molar-refractivity contribution in [3.8, 4) is 22.9 Å². The molecule has 1 aromatic heterocycles. The minimum absolute atomic E-state index is 0.0183. The molecule has 2 bridgehead atoms. The SMILES string of the molecule is C[C@H]1CN2CCC[C@@]2(COc2nc(N3CC[C@H]4CC[C@@H](C3)N4)c3ccc(-c4cc(O)cc5ccccc45)c(F)c3n2)C1. The Morgan fingerprint density at radius 2 is 1.88 bits per heavy atom. The van der Waals surface area contributed by atoms with Gasteiger partial charge in [-0.1, -0.05) is 37.3 Å². The first-order valence-corrected chi connectivity index (χ1v) is 15.6. The number of aromatic hydroxyl groups is 1. The average molecular weight is 568 g/mol. The van der Waals surface area contributed by atoms with Gasteiger partial charge in [0.05, 0.1) is 5.54 Å². The number of anilines is 1. The van der Waals surface area contributed by atoms with Crippen molar-refractivity contribution < 1.29 is 14.2 Å². The summed E-state index contributed by atoms with van der Waals surface area (Å²) >= 11 is 0. The molecule has 2 N–H and O–H groups in total. The summed E-state index contributed by atoms with van der Waals surface area (Å²) in [5, 5.41) is 16.7. The normalized spacial score (nSPS) is 27.6. The number of aromatic nitrogens is 2. The van der Waals surface area contributed by atoms with Crippen LogP contribution in [0.1, 0.15) is 45.4 Å². The zero-order valence-corrected chi connectivity index (χ0v) is 24.2. The van der Waals surface area contributed by atoms with Crippen molar-refractivity contribution in [2.75, 3.05) is 37.7 Å². The molecule has 42 heavy (non-hydrogen) atoms. The summed E-state index contributed by atoms with van der Waals surface area (Å²) in [5.74, 6) is 1.07. The largest absolute Gasteiger partial charge is 0.508 e.